The van der Waals surface area contributed by atoms with Crippen molar-refractivity contribution in [2.45, 2.75) is 26.2 Å². The highest BCUT2D eigenvalue weighted by Gasteiger charge is 2.54. The second kappa shape index (κ2) is 6.76. The summed E-state index contributed by atoms with van der Waals surface area (Å²) in [5.74, 6) is -1.06. The van der Waals surface area contributed by atoms with Crippen molar-refractivity contribution in [2.75, 3.05) is 31.1 Å². The zero-order valence-electron chi connectivity index (χ0n) is 15.0. The molecule has 1 N–H and O–H groups in total. The molecule has 0 aromatic heterocycles. The van der Waals surface area contributed by atoms with Gasteiger partial charge in [-0.05, 0) is 55.7 Å². The number of amides is 1. The molecule has 3 fully saturated rings. The molecule has 0 spiro atoms. The van der Waals surface area contributed by atoms with Crippen molar-refractivity contribution in [2.24, 2.45) is 23.7 Å². The Kier molecular flexibility index (Phi) is 4.59. The summed E-state index contributed by atoms with van der Waals surface area (Å²) in [6, 6.07) is 5.88. The Labute approximate surface area is 158 Å². The van der Waals surface area contributed by atoms with Crippen LogP contribution in [0.3, 0.4) is 0 Å². The van der Waals surface area contributed by atoms with E-state index in [0.29, 0.717) is 13.1 Å². The van der Waals surface area contributed by atoms with Gasteiger partial charge in [0.15, 0.2) is 0 Å². The van der Waals surface area contributed by atoms with Crippen LogP contribution in [0.25, 0.3) is 0 Å². The molecule has 4 rings (SSSR count). The first-order valence-corrected chi connectivity index (χ1v) is 9.86. The van der Waals surface area contributed by atoms with Gasteiger partial charge in [-0.1, -0.05) is 17.7 Å². The normalized spacial score (nSPS) is 30.7. The fraction of sp³-hybridized carbons (Fsp3) is 0.600. The molecule has 1 amide bonds. The number of rotatable bonds is 3. The van der Waals surface area contributed by atoms with Gasteiger partial charge in [0, 0.05) is 36.9 Å². The van der Waals surface area contributed by atoms with E-state index in [1.807, 2.05) is 23.1 Å². The van der Waals surface area contributed by atoms with E-state index < -0.39 is 11.9 Å². The number of carbonyl (C=O) groups is 2. The molecule has 1 heterocycles. The first-order valence-electron chi connectivity index (χ1n) is 9.48. The number of aryl methyl sites for hydroxylation is 1. The zero-order chi connectivity index (χ0) is 18.4. The summed E-state index contributed by atoms with van der Waals surface area (Å²) in [4.78, 5) is 28.9. The van der Waals surface area contributed by atoms with Crippen LogP contribution < -0.4 is 4.90 Å². The summed E-state index contributed by atoms with van der Waals surface area (Å²) in [6.07, 6.45) is 2.88. The third-order valence-electron chi connectivity index (χ3n) is 6.59. The Morgan fingerprint density at radius 2 is 1.73 bits per heavy atom. The van der Waals surface area contributed by atoms with Crippen molar-refractivity contribution in [3.63, 3.8) is 0 Å². The van der Waals surface area contributed by atoms with E-state index in [9.17, 15) is 14.7 Å². The summed E-state index contributed by atoms with van der Waals surface area (Å²) in [6.45, 7) is 4.86. The third kappa shape index (κ3) is 2.96. The minimum Gasteiger partial charge on any atom is -0.481 e. The van der Waals surface area contributed by atoms with E-state index in [0.717, 1.165) is 43.1 Å². The van der Waals surface area contributed by atoms with Crippen molar-refractivity contribution in [1.82, 2.24) is 4.90 Å². The number of fused-ring (bicyclic) bond motifs is 2. The number of anilines is 1. The molecule has 0 unspecified atom stereocenters. The zero-order valence-corrected chi connectivity index (χ0v) is 15.8. The van der Waals surface area contributed by atoms with Gasteiger partial charge in [0.1, 0.15) is 0 Å². The third-order valence-corrected chi connectivity index (χ3v) is 6.82. The summed E-state index contributed by atoms with van der Waals surface area (Å²) >= 11 is 6.14. The number of nitrogens with zero attached hydrogens (tertiary/aromatic N) is 2. The van der Waals surface area contributed by atoms with Crippen LogP contribution in [0.5, 0.6) is 0 Å². The van der Waals surface area contributed by atoms with Crippen molar-refractivity contribution in [1.29, 1.82) is 0 Å². The number of carbonyl (C=O) groups excluding carboxylic acids is 1. The van der Waals surface area contributed by atoms with Crippen LogP contribution in [0.4, 0.5) is 5.69 Å². The summed E-state index contributed by atoms with van der Waals surface area (Å²) in [5.41, 5.74) is 2.29. The Balaban J connectivity index is 1.44. The van der Waals surface area contributed by atoms with Gasteiger partial charge in [-0.25, -0.2) is 0 Å². The number of piperazine rings is 1. The summed E-state index contributed by atoms with van der Waals surface area (Å²) in [5, 5.41) is 10.3. The lowest BCUT2D eigenvalue weighted by Gasteiger charge is -2.39. The van der Waals surface area contributed by atoms with Crippen LogP contribution in [0, 0.1) is 30.6 Å². The van der Waals surface area contributed by atoms with Gasteiger partial charge < -0.3 is 14.9 Å². The predicted octanol–water partition coefficient (Wildman–Crippen LogP) is 3.04. The average molecular weight is 377 g/mol. The minimum absolute atomic E-state index is 0.0621. The van der Waals surface area contributed by atoms with Crippen molar-refractivity contribution < 1.29 is 14.7 Å². The first-order chi connectivity index (χ1) is 12.5. The summed E-state index contributed by atoms with van der Waals surface area (Å²) in [7, 11) is 0. The number of hydrogen-bond donors (Lipinski definition) is 1. The maximum atomic E-state index is 13.1. The Morgan fingerprint density at radius 3 is 2.38 bits per heavy atom. The van der Waals surface area contributed by atoms with Gasteiger partial charge in [-0.2, -0.15) is 0 Å². The number of hydrogen-bond acceptors (Lipinski definition) is 3. The van der Waals surface area contributed by atoms with Crippen LogP contribution in [0.1, 0.15) is 24.8 Å². The molecule has 26 heavy (non-hydrogen) atoms. The Bertz CT molecular complexity index is 730. The standard InChI is InChI=1S/C20H25ClN2O3/c1-12-2-5-15(21)11-16(12)22-6-8-23(9-7-22)19(24)17-13-3-4-14(10-13)18(17)20(25)26/h2,5,11,13-14,17-18H,3-4,6-10H2,1H3,(H,25,26)/t13-,14-,17-,18+/m0/s1. The molecule has 2 saturated carbocycles. The fourth-order valence-electron chi connectivity index (χ4n) is 5.30. The Morgan fingerprint density at radius 1 is 1.08 bits per heavy atom. The van der Waals surface area contributed by atoms with Crippen LogP contribution in [0.2, 0.25) is 5.02 Å². The van der Waals surface area contributed by atoms with E-state index >= 15 is 0 Å². The molecule has 140 valence electrons. The van der Waals surface area contributed by atoms with Crippen molar-refractivity contribution in [3.8, 4) is 0 Å². The maximum absolute atomic E-state index is 13.1. The van der Waals surface area contributed by atoms with Crippen LogP contribution in [0.15, 0.2) is 18.2 Å². The molecule has 1 aliphatic heterocycles. The van der Waals surface area contributed by atoms with Gasteiger partial charge in [0.05, 0.1) is 11.8 Å². The first kappa shape index (κ1) is 17.7. The second-order valence-corrected chi connectivity index (χ2v) is 8.40. The monoisotopic (exact) mass is 376 g/mol. The largest absolute Gasteiger partial charge is 0.481 e. The maximum Gasteiger partial charge on any atom is 0.307 e. The lowest BCUT2D eigenvalue weighted by atomic mass is 9.78. The average Bonchev–Trinajstić information content (AvgIpc) is 3.24. The van der Waals surface area contributed by atoms with E-state index in [1.165, 1.54) is 5.56 Å². The molecular formula is C20H25ClN2O3. The second-order valence-electron chi connectivity index (χ2n) is 7.97. The molecule has 0 radical (unpaired) electrons. The minimum atomic E-state index is -0.788. The van der Waals surface area contributed by atoms with Gasteiger partial charge >= 0.3 is 5.97 Å². The van der Waals surface area contributed by atoms with Crippen LogP contribution >= 0.6 is 11.6 Å². The molecule has 4 atom stereocenters. The van der Waals surface area contributed by atoms with Crippen LogP contribution in [-0.4, -0.2) is 48.1 Å². The van der Waals surface area contributed by atoms with Gasteiger partial charge in [-0.3, -0.25) is 9.59 Å². The van der Waals surface area contributed by atoms with E-state index in [4.69, 9.17) is 11.6 Å². The molecule has 5 nitrogen and oxygen atoms in total. The van der Waals surface area contributed by atoms with E-state index in [1.54, 1.807) is 0 Å². The Hall–Kier alpha value is -1.75. The number of carboxylic acids is 1. The highest BCUT2D eigenvalue weighted by molar-refractivity contribution is 6.30. The SMILES string of the molecule is Cc1ccc(Cl)cc1N1CCN(C(=O)[C@H]2[C@H]3CC[C@@H](C3)[C@H]2C(=O)O)CC1. The molecule has 1 aromatic rings. The quantitative estimate of drug-likeness (QED) is 0.880. The highest BCUT2D eigenvalue weighted by atomic mass is 35.5. The number of aliphatic carboxylic acids is 1. The van der Waals surface area contributed by atoms with Crippen LogP contribution in [-0.2, 0) is 9.59 Å². The molecule has 2 bridgehead atoms. The van der Waals surface area contributed by atoms with E-state index in [-0.39, 0.29) is 23.7 Å². The lowest BCUT2D eigenvalue weighted by Crippen LogP contribution is -2.52. The van der Waals surface area contributed by atoms with Crippen molar-refractivity contribution in [3.05, 3.63) is 28.8 Å². The lowest BCUT2D eigenvalue weighted by molar-refractivity contribution is -0.153. The number of carboxylic acid groups (broad SMARTS) is 1. The summed E-state index contributed by atoms with van der Waals surface area (Å²) < 4.78 is 0. The predicted molar refractivity (Wildman–Crippen MR) is 100 cm³/mol. The molecule has 1 aromatic carbocycles. The number of benzene rings is 1. The van der Waals surface area contributed by atoms with Gasteiger partial charge in [0.2, 0.25) is 5.91 Å². The molecule has 6 heteroatoms. The molecule has 1 saturated heterocycles. The van der Waals surface area contributed by atoms with E-state index in [2.05, 4.69) is 11.8 Å². The molecular weight excluding hydrogens is 352 g/mol. The fourth-order valence-corrected chi connectivity index (χ4v) is 5.47. The topological polar surface area (TPSA) is 60.9 Å². The van der Waals surface area contributed by atoms with Gasteiger partial charge in [-0.15, -0.1) is 0 Å². The number of halogens is 1. The highest BCUT2D eigenvalue weighted by Crippen LogP contribution is 2.53. The smallest absolute Gasteiger partial charge is 0.307 e. The van der Waals surface area contributed by atoms with Crippen molar-refractivity contribution >= 4 is 29.2 Å². The van der Waals surface area contributed by atoms with Gasteiger partial charge in [0.25, 0.3) is 0 Å². The molecule has 3 aliphatic rings. The molecule has 2 aliphatic carbocycles.